The maximum atomic E-state index is 0. The van der Waals surface area contributed by atoms with E-state index in [0.717, 1.165) is 0 Å². The van der Waals surface area contributed by atoms with E-state index in [1.54, 1.807) is 0 Å². The molecule has 0 atom stereocenters. The fraction of sp³-hybridized carbons (Fsp3) is 0. The van der Waals surface area contributed by atoms with Gasteiger partial charge in [0.15, 0.2) is 0 Å². The minimum absolute atomic E-state index is 0. The Balaban J connectivity index is 0. The predicted molar refractivity (Wildman–Crippen MR) is 0 cm³/mol. The Labute approximate surface area is 70.9 Å². The van der Waals surface area contributed by atoms with Crippen molar-refractivity contribution in [3.8, 4) is 0 Å². The van der Waals surface area contributed by atoms with Crippen molar-refractivity contribution >= 4 is 0 Å². The molecule has 4 heteroatoms. The van der Waals surface area contributed by atoms with E-state index in [1.165, 1.54) is 0 Å². The van der Waals surface area contributed by atoms with Crippen molar-refractivity contribution in [2.24, 2.45) is 0 Å². The van der Waals surface area contributed by atoms with Gasteiger partial charge in [0.2, 0.25) is 0 Å². The molecule has 0 amide bonds. The molecule has 0 aromatic rings. The van der Waals surface area contributed by atoms with Gasteiger partial charge in [-0.05, 0) is 0 Å². The van der Waals surface area contributed by atoms with Gasteiger partial charge >= 0.3 is 0 Å². The fourth-order valence-corrected chi connectivity index (χ4v) is 0. The monoisotopic (exact) mass is 259 g/mol. The van der Waals surface area contributed by atoms with Crippen molar-refractivity contribution in [2.75, 3.05) is 0 Å². The fourth-order valence-electron chi connectivity index (χ4n) is 0. The van der Waals surface area contributed by atoms with E-state index < -0.39 is 0 Å². The molecule has 0 unspecified atom stereocenters. The minimum atomic E-state index is 0. The molecule has 0 aliphatic carbocycles. The van der Waals surface area contributed by atoms with Crippen LogP contribution in [0.5, 0.6) is 0 Å². The molecular weight excluding hydrogens is 259 g/mol. The maximum Gasteiger partial charge on any atom is 0 e. The molecule has 27 valence electrons. The Hall–Kier alpha value is 2.22. The molecule has 0 aromatic heterocycles. The van der Waals surface area contributed by atoms with E-state index in [1.807, 2.05) is 0 Å². The number of rotatable bonds is 0. The second kappa shape index (κ2) is 18.9. The van der Waals surface area contributed by atoms with Gasteiger partial charge < -0.3 is 0 Å². The second-order valence-corrected chi connectivity index (χ2v) is 0. The summed E-state index contributed by atoms with van der Waals surface area (Å²) in [6, 6.07) is 0. The van der Waals surface area contributed by atoms with Crippen LogP contribution >= 0.6 is 0 Å². The molecule has 0 aliphatic heterocycles. The Kier molecular flexibility index (Phi) is 162. The quantitative estimate of drug-likeness (QED) is 0.537. The van der Waals surface area contributed by atoms with Crippen LogP contribution in [-0.2, 0) is 71.6 Å². The van der Waals surface area contributed by atoms with Gasteiger partial charge in [0.25, 0.3) is 0 Å². The molecule has 4 heavy (non-hydrogen) atoms. The van der Waals surface area contributed by atoms with Gasteiger partial charge in [-0.15, -0.1) is 0 Å². The van der Waals surface area contributed by atoms with Gasteiger partial charge in [-0.25, -0.2) is 0 Å². The predicted octanol–water partition coefficient (Wildman–Crippen LogP) is -0.0100. The van der Waals surface area contributed by atoms with Crippen LogP contribution in [0.2, 0.25) is 0 Å². The smallest absolute Gasteiger partial charge is 0 e. The van der Waals surface area contributed by atoms with Gasteiger partial charge in [-0.2, -0.15) is 0 Å². The third-order valence-electron chi connectivity index (χ3n) is 0. The molecule has 0 saturated heterocycles. The zero-order valence-electron chi connectivity index (χ0n) is 1.56. The summed E-state index contributed by atoms with van der Waals surface area (Å²) in [4.78, 5) is 0. The molecule has 0 bridgehead atoms. The summed E-state index contributed by atoms with van der Waals surface area (Å²) >= 11 is 0. The maximum absolute atomic E-state index is 0. The van der Waals surface area contributed by atoms with E-state index in [0.29, 0.717) is 0 Å². The molecule has 0 saturated carbocycles. The van der Waals surface area contributed by atoms with Crippen molar-refractivity contribution < 1.29 is 71.6 Å². The Bertz CT molecular complexity index is 3.25. The molecule has 0 N–H and O–H groups in total. The third-order valence-corrected chi connectivity index (χ3v) is 0. The van der Waals surface area contributed by atoms with Gasteiger partial charge in [-0.1, -0.05) is 0 Å². The van der Waals surface area contributed by atoms with Gasteiger partial charge in [0.1, 0.15) is 0 Å². The first-order chi connectivity index (χ1) is 0. The first kappa shape index (κ1) is 34.4. The first-order valence-corrected chi connectivity index (χ1v) is 0. The summed E-state index contributed by atoms with van der Waals surface area (Å²) in [5.41, 5.74) is 0. The van der Waals surface area contributed by atoms with Gasteiger partial charge in [-0.3, -0.25) is 0 Å². The summed E-state index contributed by atoms with van der Waals surface area (Å²) in [5, 5.41) is 0. The normalized spacial score (nSPS) is 0. The van der Waals surface area contributed by atoms with Crippen LogP contribution in [0.4, 0.5) is 0 Å². The second-order valence-electron chi connectivity index (χ2n) is 0. The van der Waals surface area contributed by atoms with Crippen molar-refractivity contribution in [1.29, 1.82) is 0 Å². The van der Waals surface area contributed by atoms with Crippen LogP contribution in [0.15, 0.2) is 0 Å². The first-order valence-electron chi connectivity index (χ1n) is 0. The standard InChI is InChI=1S/3Cr.Rh. The topological polar surface area (TPSA) is 0 Å². The minimum Gasteiger partial charge on any atom is 0 e. The Morgan fingerprint density at radius 3 is 0.500 bits per heavy atom. The van der Waals surface area contributed by atoms with Crippen LogP contribution in [0.25, 0.3) is 0 Å². The van der Waals surface area contributed by atoms with Crippen molar-refractivity contribution in [3.63, 3.8) is 0 Å². The van der Waals surface area contributed by atoms with Crippen molar-refractivity contribution in [3.05, 3.63) is 0 Å². The summed E-state index contributed by atoms with van der Waals surface area (Å²) in [5.74, 6) is 0. The van der Waals surface area contributed by atoms with E-state index in [9.17, 15) is 0 Å². The molecule has 0 nitrogen and oxygen atoms in total. The molecule has 0 rings (SSSR count). The number of hydrogen-bond donors (Lipinski definition) is 0. The van der Waals surface area contributed by atoms with Crippen LogP contribution in [0.1, 0.15) is 0 Å². The van der Waals surface area contributed by atoms with E-state index >= 15 is 0 Å². The third kappa shape index (κ3) is 8.88. The molecule has 1 radical (unpaired) electrons. The molecule has 0 aliphatic rings. The zero-order chi connectivity index (χ0) is 0. The van der Waals surface area contributed by atoms with E-state index in [2.05, 4.69) is 0 Å². The zero-order valence-corrected chi connectivity index (χ0v) is 7.02. The van der Waals surface area contributed by atoms with Crippen LogP contribution in [-0.4, -0.2) is 0 Å². The Morgan fingerprint density at radius 1 is 0.500 bits per heavy atom. The number of hydrogen-bond acceptors (Lipinski definition) is 0. The van der Waals surface area contributed by atoms with Gasteiger partial charge in [0, 0.05) is 71.6 Å². The summed E-state index contributed by atoms with van der Waals surface area (Å²) in [6.07, 6.45) is 0. The van der Waals surface area contributed by atoms with Crippen LogP contribution in [0.3, 0.4) is 0 Å². The average Bonchev–Trinajstić information content (AvgIpc) is 0. The summed E-state index contributed by atoms with van der Waals surface area (Å²) < 4.78 is 0. The molecule has 0 fully saturated rings. The molecule has 0 heterocycles. The molecule has 0 spiro atoms. The average molecular weight is 259 g/mol. The van der Waals surface area contributed by atoms with Gasteiger partial charge in [0.05, 0.1) is 0 Å². The Morgan fingerprint density at radius 2 is 0.500 bits per heavy atom. The van der Waals surface area contributed by atoms with E-state index in [-0.39, 0.29) is 71.6 Å². The molecular formula is Cr3Rh. The largest absolute Gasteiger partial charge is 0 e. The van der Waals surface area contributed by atoms with Crippen molar-refractivity contribution in [2.45, 2.75) is 0 Å². The van der Waals surface area contributed by atoms with Crippen molar-refractivity contribution in [1.82, 2.24) is 0 Å². The van der Waals surface area contributed by atoms with Crippen LogP contribution < -0.4 is 0 Å². The van der Waals surface area contributed by atoms with E-state index in [4.69, 9.17) is 0 Å². The van der Waals surface area contributed by atoms with Crippen LogP contribution in [0, 0.1) is 0 Å². The SMILES string of the molecule is [Cr].[Cr].[Cr].[Rh]. The molecule has 0 aromatic carbocycles. The summed E-state index contributed by atoms with van der Waals surface area (Å²) in [6.45, 7) is 0. The summed E-state index contributed by atoms with van der Waals surface area (Å²) in [7, 11) is 0.